The predicted molar refractivity (Wildman–Crippen MR) is 82.4 cm³/mol. The quantitative estimate of drug-likeness (QED) is 0.679. The summed E-state index contributed by atoms with van der Waals surface area (Å²) in [6.45, 7) is 1.87. The molecule has 0 aliphatic rings. The van der Waals surface area contributed by atoms with Crippen LogP contribution in [-0.4, -0.2) is 23.0 Å². The van der Waals surface area contributed by atoms with Gasteiger partial charge in [-0.15, -0.1) is 0 Å². The lowest BCUT2D eigenvalue weighted by molar-refractivity contribution is -0.129. The molecule has 2 aromatic rings. The van der Waals surface area contributed by atoms with Gasteiger partial charge < -0.3 is 10.1 Å². The Morgan fingerprint density at radius 3 is 2.64 bits per heavy atom. The molecule has 0 bridgehead atoms. The SMILES string of the molecule is C[C@H](OC(=O)c1cccnc1Cl)C(=O)NCc1ccccc1. The molecule has 0 unspecified atom stereocenters. The van der Waals surface area contributed by atoms with E-state index in [1.54, 1.807) is 6.07 Å². The van der Waals surface area contributed by atoms with Gasteiger partial charge in [-0.1, -0.05) is 41.9 Å². The van der Waals surface area contributed by atoms with Gasteiger partial charge in [0.15, 0.2) is 6.10 Å². The molecule has 1 aromatic carbocycles. The minimum absolute atomic E-state index is 0.0457. The summed E-state index contributed by atoms with van der Waals surface area (Å²) in [5.74, 6) is -1.06. The Labute approximate surface area is 133 Å². The first-order valence-corrected chi connectivity index (χ1v) is 7.09. The zero-order valence-corrected chi connectivity index (χ0v) is 12.7. The molecule has 0 spiro atoms. The number of nitrogens with one attached hydrogen (secondary N) is 1. The molecule has 1 N–H and O–H groups in total. The number of carbonyl (C=O) groups excluding carboxylic acids is 2. The lowest BCUT2D eigenvalue weighted by atomic mass is 10.2. The first-order chi connectivity index (χ1) is 10.6. The van der Waals surface area contributed by atoms with Gasteiger partial charge in [-0.05, 0) is 24.6 Å². The van der Waals surface area contributed by atoms with E-state index in [4.69, 9.17) is 16.3 Å². The highest BCUT2D eigenvalue weighted by molar-refractivity contribution is 6.32. The third-order valence-corrected chi connectivity index (χ3v) is 3.24. The molecule has 0 aliphatic carbocycles. The molecule has 22 heavy (non-hydrogen) atoms. The Balaban J connectivity index is 1.89. The van der Waals surface area contributed by atoms with Crippen LogP contribution in [0.5, 0.6) is 0 Å². The summed E-state index contributed by atoms with van der Waals surface area (Å²) in [7, 11) is 0. The van der Waals surface area contributed by atoms with Gasteiger partial charge in [0.25, 0.3) is 5.91 Å². The van der Waals surface area contributed by atoms with Gasteiger partial charge in [0, 0.05) is 12.7 Å². The first kappa shape index (κ1) is 16.0. The van der Waals surface area contributed by atoms with Crippen molar-refractivity contribution in [3.8, 4) is 0 Å². The minimum Gasteiger partial charge on any atom is -0.449 e. The van der Waals surface area contributed by atoms with E-state index in [-0.39, 0.29) is 16.6 Å². The molecule has 2 rings (SSSR count). The van der Waals surface area contributed by atoms with Gasteiger partial charge in [-0.2, -0.15) is 0 Å². The molecule has 1 atom stereocenters. The van der Waals surface area contributed by atoms with E-state index >= 15 is 0 Å². The largest absolute Gasteiger partial charge is 0.449 e. The number of halogens is 1. The Hall–Kier alpha value is -2.40. The summed E-state index contributed by atoms with van der Waals surface area (Å²) in [4.78, 5) is 27.7. The highest BCUT2D eigenvalue weighted by atomic mass is 35.5. The minimum atomic E-state index is -0.924. The van der Waals surface area contributed by atoms with Crippen molar-refractivity contribution in [1.82, 2.24) is 10.3 Å². The Kier molecular flexibility index (Phi) is 5.49. The van der Waals surface area contributed by atoms with Gasteiger partial charge in [-0.3, -0.25) is 4.79 Å². The van der Waals surface area contributed by atoms with Crippen molar-refractivity contribution in [2.75, 3.05) is 0 Å². The number of amides is 1. The van der Waals surface area contributed by atoms with Crippen LogP contribution in [0.2, 0.25) is 5.15 Å². The highest BCUT2D eigenvalue weighted by Gasteiger charge is 2.20. The van der Waals surface area contributed by atoms with Gasteiger partial charge >= 0.3 is 5.97 Å². The van der Waals surface area contributed by atoms with E-state index in [1.165, 1.54) is 19.2 Å². The lowest BCUT2D eigenvalue weighted by Gasteiger charge is -2.13. The first-order valence-electron chi connectivity index (χ1n) is 6.71. The van der Waals surface area contributed by atoms with E-state index in [2.05, 4.69) is 10.3 Å². The molecule has 114 valence electrons. The van der Waals surface area contributed by atoms with Gasteiger partial charge in [0.05, 0.1) is 5.56 Å². The number of hydrogen-bond donors (Lipinski definition) is 1. The number of hydrogen-bond acceptors (Lipinski definition) is 4. The standard InChI is InChI=1S/C16H15ClN2O3/c1-11(15(20)19-10-12-6-3-2-4-7-12)22-16(21)13-8-5-9-18-14(13)17/h2-9,11H,10H2,1H3,(H,19,20)/t11-/m0/s1. The molecule has 6 heteroatoms. The van der Waals surface area contributed by atoms with Crippen molar-refractivity contribution in [1.29, 1.82) is 0 Å². The summed E-state index contributed by atoms with van der Waals surface area (Å²) in [5.41, 5.74) is 1.09. The van der Waals surface area contributed by atoms with E-state index in [0.29, 0.717) is 6.54 Å². The monoisotopic (exact) mass is 318 g/mol. The van der Waals surface area contributed by atoms with Crippen LogP contribution >= 0.6 is 11.6 Å². The topological polar surface area (TPSA) is 68.3 Å². The second kappa shape index (κ2) is 7.56. The number of rotatable bonds is 5. The summed E-state index contributed by atoms with van der Waals surface area (Å²) < 4.78 is 5.09. The van der Waals surface area contributed by atoms with Crippen molar-refractivity contribution in [3.63, 3.8) is 0 Å². The molecule has 0 saturated carbocycles. The van der Waals surface area contributed by atoms with Crippen LogP contribution < -0.4 is 5.32 Å². The maximum Gasteiger partial charge on any atom is 0.342 e. The molecule has 0 fully saturated rings. The van der Waals surface area contributed by atoms with Gasteiger partial charge in [0.2, 0.25) is 0 Å². The van der Waals surface area contributed by atoms with Crippen molar-refractivity contribution in [2.24, 2.45) is 0 Å². The number of pyridine rings is 1. The fourth-order valence-electron chi connectivity index (χ4n) is 1.74. The average Bonchev–Trinajstić information content (AvgIpc) is 2.53. The maximum atomic E-state index is 11.9. The van der Waals surface area contributed by atoms with E-state index < -0.39 is 12.1 Å². The van der Waals surface area contributed by atoms with E-state index in [0.717, 1.165) is 5.56 Å². The third-order valence-electron chi connectivity index (χ3n) is 2.94. The Bertz CT molecular complexity index is 661. The summed E-state index contributed by atoms with van der Waals surface area (Å²) in [5, 5.41) is 2.75. The lowest BCUT2D eigenvalue weighted by Crippen LogP contribution is -2.35. The number of nitrogens with zero attached hydrogens (tertiary/aromatic N) is 1. The molecule has 1 amide bonds. The summed E-state index contributed by atoms with van der Waals surface area (Å²) >= 11 is 5.81. The Morgan fingerprint density at radius 1 is 1.23 bits per heavy atom. The third kappa shape index (κ3) is 4.30. The zero-order chi connectivity index (χ0) is 15.9. The van der Waals surface area contributed by atoms with Crippen LogP contribution in [0.4, 0.5) is 0 Å². The van der Waals surface area contributed by atoms with E-state index in [9.17, 15) is 9.59 Å². The highest BCUT2D eigenvalue weighted by Crippen LogP contribution is 2.13. The van der Waals surface area contributed by atoms with Crippen LogP contribution in [0.1, 0.15) is 22.8 Å². The summed E-state index contributed by atoms with van der Waals surface area (Å²) in [6.07, 6.45) is 0.544. The van der Waals surface area contributed by atoms with Crippen molar-refractivity contribution < 1.29 is 14.3 Å². The van der Waals surface area contributed by atoms with Crippen LogP contribution in [0, 0.1) is 0 Å². The van der Waals surface area contributed by atoms with Crippen LogP contribution in [0.3, 0.4) is 0 Å². The Morgan fingerprint density at radius 2 is 1.95 bits per heavy atom. The number of esters is 1. The average molecular weight is 319 g/mol. The fraction of sp³-hybridized carbons (Fsp3) is 0.188. The smallest absolute Gasteiger partial charge is 0.342 e. The molecule has 5 nitrogen and oxygen atoms in total. The van der Waals surface area contributed by atoms with Gasteiger partial charge in [0.1, 0.15) is 5.15 Å². The number of ether oxygens (including phenoxy) is 1. The van der Waals surface area contributed by atoms with Crippen LogP contribution in [-0.2, 0) is 16.1 Å². The van der Waals surface area contributed by atoms with Crippen LogP contribution in [0.15, 0.2) is 48.7 Å². The molecular weight excluding hydrogens is 304 g/mol. The molecule has 1 aromatic heterocycles. The number of benzene rings is 1. The molecule has 0 radical (unpaired) electrons. The molecule has 1 heterocycles. The predicted octanol–water partition coefficient (Wildman–Crippen LogP) is 2.60. The number of aromatic nitrogens is 1. The van der Waals surface area contributed by atoms with Crippen molar-refractivity contribution in [2.45, 2.75) is 19.6 Å². The normalized spacial score (nSPS) is 11.5. The molecular formula is C16H15ClN2O3. The molecule has 0 aliphatic heterocycles. The van der Waals surface area contributed by atoms with Crippen molar-refractivity contribution in [3.05, 3.63) is 64.9 Å². The zero-order valence-electron chi connectivity index (χ0n) is 12.0. The summed E-state index contributed by atoms with van der Waals surface area (Å²) in [6, 6.07) is 12.5. The molecule has 0 saturated heterocycles. The fourth-order valence-corrected chi connectivity index (χ4v) is 1.94. The van der Waals surface area contributed by atoms with E-state index in [1.807, 2.05) is 30.3 Å². The van der Waals surface area contributed by atoms with Crippen LogP contribution in [0.25, 0.3) is 0 Å². The van der Waals surface area contributed by atoms with Crippen molar-refractivity contribution >= 4 is 23.5 Å². The number of carbonyl (C=O) groups is 2. The second-order valence-corrected chi connectivity index (χ2v) is 4.95. The van der Waals surface area contributed by atoms with Gasteiger partial charge in [-0.25, -0.2) is 9.78 Å². The maximum absolute atomic E-state index is 11.9. The second-order valence-electron chi connectivity index (χ2n) is 4.59.